The van der Waals surface area contributed by atoms with Gasteiger partial charge in [-0.3, -0.25) is 19.7 Å². The summed E-state index contributed by atoms with van der Waals surface area (Å²) in [6.07, 6.45) is 0.371. The molecule has 2 amide bonds. The highest BCUT2D eigenvalue weighted by atomic mass is 16.5. The zero-order valence-electron chi connectivity index (χ0n) is 17.1. The number of rotatable bonds is 5. The van der Waals surface area contributed by atoms with E-state index in [4.69, 9.17) is 4.74 Å². The molecule has 0 saturated carbocycles. The second-order valence-electron chi connectivity index (χ2n) is 7.38. The Morgan fingerprint density at radius 2 is 2.06 bits per heavy atom. The fourth-order valence-corrected chi connectivity index (χ4v) is 3.74. The number of aromatic hydroxyl groups is 1. The molecule has 9 heteroatoms. The SMILES string of the molecule is COc1ccc(CNc2cccc3c(C)nn(C4CCC(=O)NC4=O)c(=O)c23)c(O)c1. The molecule has 2 heterocycles. The lowest BCUT2D eigenvalue weighted by Gasteiger charge is -2.23. The van der Waals surface area contributed by atoms with Crippen LogP contribution in [0.15, 0.2) is 41.2 Å². The number of nitrogens with one attached hydrogen (secondary N) is 2. The van der Waals surface area contributed by atoms with Gasteiger partial charge in [-0.25, -0.2) is 4.68 Å². The van der Waals surface area contributed by atoms with Crippen LogP contribution in [0.1, 0.15) is 30.1 Å². The zero-order chi connectivity index (χ0) is 22.1. The van der Waals surface area contributed by atoms with Gasteiger partial charge in [-0.2, -0.15) is 5.10 Å². The molecule has 3 aromatic rings. The number of methoxy groups -OCH3 is 1. The van der Waals surface area contributed by atoms with Gasteiger partial charge in [0.25, 0.3) is 11.5 Å². The number of ether oxygens (including phenoxy) is 1. The molecular weight excluding hydrogens is 400 g/mol. The van der Waals surface area contributed by atoms with Crippen molar-refractivity contribution in [2.75, 3.05) is 12.4 Å². The van der Waals surface area contributed by atoms with Crippen molar-refractivity contribution in [3.63, 3.8) is 0 Å². The fourth-order valence-electron chi connectivity index (χ4n) is 3.74. The van der Waals surface area contributed by atoms with Crippen molar-refractivity contribution in [1.29, 1.82) is 0 Å². The van der Waals surface area contributed by atoms with Gasteiger partial charge in [0.1, 0.15) is 17.5 Å². The molecule has 1 aliphatic rings. The Kier molecular flexibility index (Phi) is 5.33. The molecule has 1 aliphatic heterocycles. The second-order valence-corrected chi connectivity index (χ2v) is 7.38. The summed E-state index contributed by atoms with van der Waals surface area (Å²) in [5, 5.41) is 21.1. The maximum absolute atomic E-state index is 13.3. The summed E-state index contributed by atoms with van der Waals surface area (Å²) in [7, 11) is 1.52. The first-order chi connectivity index (χ1) is 14.9. The molecule has 3 N–H and O–H groups in total. The van der Waals surface area contributed by atoms with Crippen molar-refractivity contribution in [3.05, 3.63) is 58.0 Å². The minimum Gasteiger partial charge on any atom is -0.507 e. The molecule has 0 spiro atoms. The van der Waals surface area contributed by atoms with E-state index in [9.17, 15) is 19.5 Å². The average Bonchev–Trinajstić information content (AvgIpc) is 2.75. The Bertz CT molecular complexity index is 1250. The molecule has 1 unspecified atom stereocenters. The number of amides is 2. The first-order valence-electron chi connectivity index (χ1n) is 9.84. The van der Waals surface area contributed by atoms with Crippen molar-refractivity contribution < 1.29 is 19.4 Å². The van der Waals surface area contributed by atoms with Crippen LogP contribution >= 0.6 is 0 Å². The van der Waals surface area contributed by atoms with Crippen LogP contribution in [0.4, 0.5) is 5.69 Å². The smallest absolute Gasteiger partial charge is 0.277 e. The molecule has 1 fully saturated rings. The number of anilines is 1. The molecule has 0 radical (unpaired) electrons. The highest BCUT2D eigenvalue weighted by Crippen LogP contribution is 2.27. The predicted molar refractivity (Wildman–Crippen MR) is 114 cm³/mol. The monoisotopic (exact) mass is 422 g/mol. The maximum Gasteiger partial charge on any atom is 0.277 e. The number of hydrogen-bond acceptors (Lipinski definition) is 7. The highest BCUT2D eigenvalue weighted by molar-refractivity contribution is 6.00. The van der Waals surface area contributed by atoms with E-state index in [0.717, 1.165) is 4.68 Å². The van der Waals surface area contributed by atoms with Gasteiger partial charge in [0, 0.05) is 35.7 Å². The summed E-state index contributed by atoms with van der Waals surface area (Å²) in [4.78, 5) is 37.1. The normalized spacial score (nSPS) is 16.3. The molecule has 1 atom stereocenters. The van der Waals surface area contributed by atoms with E-state index in [1.54, 1.807) is 31.2 Å². The van der Waals surface area contributed by atoms with Crippen LogP contribution < -0.4 is 20.9 Å². The number of carbonyl (C=O) groups is 2. The quantitative estimate of drug-likeness (QED) is 0.538. The topological polar surface area (TPSA) is 123 Å². The molecule has 1 aromatic heterocycles. The largest absolute Gasteiger partial charge is 0.507 e. The summed E-state index contributed by atoms with van der Waals surface area (Å²) >= 11 is 0. The number of aryl methyl sites for hydroxylation is 1. The van der Waals surface area contributed by atoms with E-state index in [2.05, 4.69) is 15.7 Å². The number of carbonyl (C=O) groups excluding carboxylic acids is 2. The van der Waals surface area contributed by atoms with Gasteiger partial charge >= 0.3 is 0 Å². The number of nitrogens with zero attached hydrogens (tertiary/aromatic N) is 2. The Hall–Kier alpha value is -3.88. The third kappa shape index (κ3) is 3.81. The summed E-state index contributed by atoms with van der Waals surface area (Å²) in [5.41, 5.74) is 1.37. The van der Waals surface area contributed by atoms with Crippen LogP contribution in [0, 0.1) is 6.92 Å². The number of fused-ring (bicyclic) bond motifs is 1. The van der Waals surface area contributed by atoms with Crippen molar-refractivity contribution in [2.45, 2.75) is 32.4 Å². The van der Waals surface area contributed by atoms with Crippen molar-refractivity contribution in [3.8, 4) is 11.5 Å². The van der Waals surface area contributed by atoms with Gasteiger partial charge in [-0.1, -0.05) is 12.1 Å². The molecule has 9 nitrogen and oxygen atoms in total. The Morgan fingerprint density at radius 1 is 1.26 bits per heavy atom. The molecule has 1 saturated heterocycles. The molecule has 0 aliphatic carbocycles. The number of aromatic nitrogens is 2. The summed E-state index contributed by atoms with van der Waals surface area (Å²) in [6.45, 7) is 2.04. The molecular formula is C22H22N4O5. The molecule has 2 aromatic carbocycles. The first kappa shape index (κ1) is 20.4. The Morgan fingerprint density at radius 3 is 2.77 bits per heavy atom. The number of phenols is 1. The average molecular weight is 422 g/mol. The minimum absolute atomic E-state index is 0.0749. The van der Waals surface area contributed by atoms with Gasteiger partial charge in [0.2, 0.25) is 5.91 Å². The van der Waals surface area contributed by atoms with Gasteiger partial charge in [-0.05, 0) is 31.5 Å². The van der Waals surface area contributed by atoms with E-state index < -0.39 is 17.5 Å². The van der Waals surface area contributed by atoms with Crippen LogP contribution in [0.25, 0.3) is 10.8 Å². The van der Waals surface area contributed by atoms with E-state index in [0.29, 0.717) is 33.5 Å². The lowest BCUT2D eigenvalue weighted by atomic mass is 10.0. The lowest BCUT2D eigenvalue weighted by Crippen LogP contribution is -2.45. The number of hydrogen-bond donors (Lipinski definition) is 3. The standard InChI is InChI=1S/C22H22N4O5/c1-12-15-4-3-5-16(23-11-13-6-7-14(31-2)10-18(13)27)20(15)22(30)26(25-12)17-8-9-19(28)24-21(17)29/h3-7,10,17,23,27H,8-9,11H2,1-2H3,(H,24,28,29). The zero-order valence-corrected chi connectivity index (χ0v) is 17.1. The van der Waals surface area contributed by atoms with Gasteiger partial charge < -0.3 is 15.2 Å². The number of imide groups is 1. The Labute approximate surface area is 177 Å². The number of phenolic OH excluding ortho intramolecular Hbond substituents is 1. The first-order valence-corrected chi connectivity index (χ1v) is 9.84. The highest BCUT2D eigenvalue weighted by Gasteiger charge is 2.30. The third-order valence-electron chi connectivity index (χ3n) is 5.40. The van der Waals surface area contributed by atoms with Gasteiger partial charge in [0.15, 0.2) is 0 Å². The summed E-state index contributed by atoms with van der Waals surface area (Å²) in [6, 6.07) is 9.52. The summed E-state index contributed by atoms with van der Waals surface area (Å²) in [5.74, 6) is -0.266. The van der Waals surface area contributed by atoms with E-state index in [1.807, 2.05) is 6.07 Å². The molecule has 160 valence electrons. The van der Waals surface area contributed by atoms with Crippen LogP contribution in [-0.4, -0.2) is 33.8 Å². The fraction of sp³-hybridized carbons (Fsp3) is 0.273. The molecule has 31 heavy (non-hydrogen) atoms. The van der Waals surface area contributed by atoms with Crippen molar-refractivity contribution >= 4 is 28.3 Å². The predicted octanol–water partition coefficient (Wildman–Crippen LogP) is 2.01. The second kappa shape index (κ2) is 8.10. The van der Waals surface area contributed by atoms with E-state index in [1.165, 1.54) is 13.2 Å². The van der Waals surface area contributed by atoms with E-state index >= 15 is 0 Å². The minimum atomic E-state index is -0.841. The Balaban J connectivity index is 1.73. The van der Waals surface area contributed by atoms with Crippen LogP contribution in [0.2, 0.25) is 0 Å². The van der Waals surface area contributed by atoms with Crippen molar-refractivity contribution in [1.82, 2.24) is 15.1 Å². The summed E-state index contributed by atoms with van der Waals surface area (Å²) < 4.78 is 6.26. The van der Waals surface area contributed by atoms with Crippen molar-refractivity contribution in [2.24, 2.45) is 0 Å². The molecule has 0 bridgehead atoms. The lowest BCUT2D eigenvalue weighted by molar-refractivity contribution is -0.136. The van der Waals surface area contributed by atoms with Crippen LogP contribution in [-0.2, 0) is 16.1 Å². The van der Waals surface area contributed by atoms with Crippen LogP contribution in [0.5, 0.6) is 11.5 Å². The number of piperidine rings is 1. The molecule has 4 rings (SSSR count). The van der Waals surface area contributed by atoms with Crippen LogP contribution in [0.3, 0.4) is 0 Å². The maximum atomic E-state index is 13.3. The third-order valence-corrected chi connectivity index (χ3v) is 5.40. The van der Waals surface area contributed by atoms with Gasteiger partial charge in [0.05, 0.1) is 18.2 Å². The van der Waals surface area contributed by atoms with E-state index in [-0.39, 0.29) is 31.0 Å². The van der Waals surface area contributed by atoms with Gasteiger partial charge in [-0.15, -0.1) is 0 Å². The number of benzene rings is 2.